The van der Waals surface area contributed by atoms with Crippen molar-refractivity contribution >= 4 is 27.3 Å². The number of hydrogen-bond donors (Lipinski definition) is 2. The maximum Gasteiger partial charge on any atom is 0.240 e. The lowest BCUT2D eigenvalue weighted by Crippen LogP contribution is -2.36. The van der Waals surface area contributed by atoms with Crippen LogP contribution in [0.5, 0.6) is 0 Å². The Hall–Kier alpha value is -2.49. The zero-order valence-corrected chi connectivity index (χ0v) is 16.0. The fourth-order valence-corrected chi connectivity index (χ4v) is 3.90. The van der Waals surface area contributed by atoms with Gasteiger partial charge in [-0.25, -0.2) is 17.5 Å². The SMILES string of the molecule is O=C(CCNS(=O)(=O)c1ccccc1)Nc1ccc(N2CCOCC2)c(F)c1. The quantitative estimate of drug-likeness (QED) is 0.733. The van der Waals surface area contributed by atoms with Gasteiger partial charge < -0.3 is 15.0 Å². The Bertz CT molecular complexity index is 916. The molecule has 7 nitrogen and oxygen atoms in total. The molecule has 0 aromatic heterocycles. The van der Waals surface area contributed by atoms with Gasteiger partial charge >= 0.3 is 0 Å². The van der Waals surface area contributed by atoms with Crippen molar-refractivity contribution < 1.29 is 22.3 Å². The lowest BCUT2D eigenvalue weighted by atomic mass is 10.2. The average molecular weight is 407 g/mol. The minimum Gasteiger partial charge on any atom is -0.378 e. The Labute approximate surface area is 163 Å². The molecule has 1 aliphatic heterocycles. The zero-order valence-electron chi connectivity index (χ0n) is 15.2. The molecule has 1 heterocycles. The van der Waals surface area contributed by atoms with Crippen molar-refractivity contribution in [3.63, 3.8) is 0 Å². The maximum atomic E-state index is 14.4. The molecule has 0 bridgehead atoms. The molecule has 0 radical (unpaired) electrons. The summed E-state index contributed by atoms with van der Waals surface area (Å²) in [7, 11) is -3.66. The van der Waals surface area contributed by atoms with Gasteiger partial charge in [-0.2, -0.15) is 0 Å². The highest BCUT2D eigenvalue weighted by atomic mass is 32.2. The molecule has 28 heavy (non-hydrogen) atoms. The second-order valence-electron chi connectivity index (χ2n) is 6.27. The van der Waals surface area contributed by atoms with Crippen LogP contribution in [0, 0.1) is 5.82 Å². The second kappa shape index (κ2) is 9.13. The molecule has 2 N–H and O–H groups in total. The van der Waals surface area contributed by atoms with Crippen LogP contribution in [0.15, 0.2) is 53.4 Å². The van der Waals surface area contributed by atoms with Crippen molar-refractivity contribution in [3.05, 3.63) is 54.3 Å². The molecular weight excluding hydrogens is 385 g/mol. The van der Waals surface area contributed by atoms with Gasteiger partial charge in [-0.05, 0) is 30.3 Å². The van der Waals surface area contributed by atoms with Crippen LogP contribution < -0.4 is 14.9 Å². The van der Waals surface area contributed by atoms with Gasteiger partial charge in [-0.1, -0.05) is 18.2 Å². The number of carbonyl (C=O) groups is 1. The summed E-state index contributed by atoms with van der Waals surface area (Å²) < 4.78 is 46.2. The molecule has 2 aromatic carbocycles. The Morgan fingerprint density at radius 1 is 1.11 bits per heavy atom. The Morgan fingerprint density at radius 2 is 1.82 bits per heavy atom. The van der Waals surface area contributed by atoms with E-state index in [0.717, 1.165) is 0 Å². The minimum atomic E-state index is -3.66. The number of hydrogen-bond acceptors (Lipinski definition) is 5. The van der Waals surface area contributed by atoms with Gasteiger partial charge in [-0.3, -0.25) is 4.79 Å². The average Bonchev–Trinajstić information content (AvgIpc) is 2.69. The molecule has 0 saturated carbocycles. The summed E-state index contributed by atoms with van der Waals surface area (Å²) in [5.41, 5.74) is 0.794. The molecule has 2 aromatic rings. The first kappa shape index (κ1) is 20.2. The van der Waals surface area contributed by atoms with Crippen LogP contribution in [0.1, 0.15) is 6.42 Å². The maximum absolute atomic E-state index is 14.4. The summed E-state index contributed by atoms with van der Waals surface area (Å²) >= 11 is 0. The summed E-state index contributed by atoms with van der Waals surface area (Å²) in [6.07, 6.45) is -0.0705. The monoisotopic (exact) mass is 407 g/mol. The Morgan fingerprint density at radius 3 is 2.50 bits per heavy atom. The van der Waals surface area contributed by atoms with Crippen LogP contribution in [0.2, 0.25) is 0 Å². The van der Waals surface area contributed by atoms with Crippen LogP contribution in [0.3, 0.4) is 0 Å². The highest BCUT2D eigenvalue weighted by molar-refractivity contribution is 7.89. The van der Waals surface area contributed by atoms with E-state index in [1.165, 1.54) is 18.2 Å². The predicted octanol–water partition coefficient (Wildman–Crippen LogP) is 1.97. The fraction of sp³-hybridized carbons (Fsp3) is 0.316. The molecule has 0 atom stereocenters. The number of nitrogens with one attached hydrogen (secondary N) is 2. The highest BCUT2D eigenvalue weighted by Gasteiger charge is 2.16. The summed E-state index contributed by atoms with van der Waals surface area (Å²) in [5.74, 6) is -0.834. The number of nitrogens with zero attached hydrogens (tertiary/aromatic N) is 1. The summed E-state index contributed by atoms with van der Waals surface area (Å²) in [5, 5.41) is 2.58. The third-order valence-corrected chi connectivity index (χ3v) is 5.76. The van der Waals surface area contributed by atoms with E-state index >= 15 is 0 Å². The largest absolute Gasteiger partial charge is 0.378 e. The van der Waals surface area contributed by atoms with E-state index in [0.29, 0.717) is 37.7 Å². The van der Waals surface area contributed by atoms with E-state index in [4.69, 9.17) is 4.74 Å². The molecule has 1 amide bonds. The van der Waals surface area contributed by atoms with Crippen molar-refractivity contribution in [1.82, 2.24) is 4.72 Å². The number of amides is 1. The van der Waals surface area contributed by atoms with Crippen LogP contribution >= 0.6 is 0 Å². The topological polar surface area (TPSA) is 87.7 Å². The molecule has 1 aliphatic rings. The molecule has 0 unspecified atom stereocenters. The van der Waals surface area contributed by atoms with E-state index in [9.17, 15) is 17.6 Å². The van der Waals surface area contributed by atoms with Crippen LogP contribution in [0.25, 0.3) is 0 Å². The molecule has 3 rings (SSSR count). The molecule has 0 aliphatic carbocycles. The highest BCUT2D eigenvalue weighted by Crippen LogP contribution is 2.23. The van der Waals surface area contributed by atoms with E-state index in [1.54, 1.807) is 30.3 Å². The number of anilines is 2. The van der Waals surface area contributed by atoms with Crippen LogP contribution in [-0.2, 0) is 19.6 Å². The number of rotatable bonds is 7. The molecule has 150 valence electrons. The molecule has 9 heteroatoms. The van der Waals surface area contributed by atoms with Crippen molar-refractivity contribution in [2.45, 2.75) is 11.3 Å². The minimum absolute atomic E-state index is 0.0581. The standard InChI is InChI=1S/C19H22FN3O4S/c20-17-14-15(6-7-18(17)23-10-12-27-13-11-23)22-19(24)8-9-21-28(25,26)16-4-2-1-3-5-16/h1-7,14,21H,8-13H2,(H,22,24). The van der Waals surface area contributed by atoms with Gasteiger partial charge in [0.05, 0.1) is 23.8 Å². The third kappa shape index (κ3) is 5.28. The molecule has 1 fully saturated rings. The van der Waals surface area contributed by atoms with E-state index in [2.05, 4.69) is 10.0 Å². The lowest BCUT2D eigenvalue weighted by Gasteiger charge is -2.29. The number of benzene rings is 2. The van der Waals surface area contributed by atoms with Gasteiger partial charge in [0.2, 0.25) is 15.9 Å². The van der Waals surface area contributed by atoms with Crippen molar-refractivity contribution in [2.24, 2.45) is 0 Å². The van der Waals surface area contributed by atoms with E-state index in [1.807, 2.05) is 4.90 Å². The number of halogens is 1. The Kier molecular flexibility index (Phi) is 6.61. The van der Waals surface area contributed by atoms with E-state index < -0.39 is 21.7 Å². The normalized spacial score (nSPS) is 14.7. The summed E-state index contributed by atoms with van der Waals surface area (Å²) in [6.45, 7) is 2.28. The summed E-state index contributed by atoms with van der Waals surface area (Å²) in [6, 6.07) is 12.4. The fourth-order valence-electron chi connectivity index (χ4n) is 2.85. The van der Waals surface area contributed by atoms with E-state index in [-0.39, 0.29) is 17.9 Å². The van der Waals surface area contributed by atoms with Gasteiger partial charge in [0, 0.05) is 31.7 Å². The van der Waals surface area contributed by atoms with Gasteiger partial charge in [0.25, 0.3) is 0 Å². The first-order valence-corrected chi connectivity index (χ1v) is 10.4. The van der Waals surface area contributed by atoms with Crippen molar-refractivity contribution in [1.29, 1.82) is 0 Å². The molecule has 1 saturated heterocycles. The Balaban J connectivity index is 1.51. The summed E-state index contributed by atoms with van der Waals surface area (Å²) in [4.78, 5) is 14.1. The number of ether oxygens (including phenoxy) is 1. The molecular formula is C19H22FN3O4S. The smallest absolute Gasteiger partial charge is 0.240 e. The lowest BCUT2D eigenvalue weighted by molar-refractivity contribution is -0.116. The first-order chi connectivity index (χ1) is 13.5. The van der Waals surface area contributed by atoms with Crippen molar-refractivity contribution in [2.75, 3.05) is 43.1 Å². The first-order valence-electron chi connectivity index (χ1n) is 8.92. The number of morpholine rings is 1. The van der Waals surface area contributed by atoms with Gasteiger partial charge in [-0.15, -0.1) is 0 Å². The zero-order chi connectivity index (χ0) is 20.0. The molecule has 0 spiro atoms. The number of sulfonamides is 1. The predicted molar refractivity (Wildman–Crippen MR) is 104 cm³/mol. The number of carbonyl (C=O) groups excluding carboxylic acids is 1. The second-order valence-corrected chi connectivity index (χ2v) is 8.04. The van der Waals surface area contributed by atoms with Crippen LogP contribution in [0.4, 0.5) is 15.8 Å². The van der Waals surface area contributed by atoms with Gasteiger partial charge in [0.1, 0.15) is 5.82 Å². The van der Waals surface area contributed by atoms with Crippen molar-refractivity contribution in [3.8, 4) is 0 Å². The van der Waals surface area contributed by atoms with Crippen LogP contribution in [-0.4, -0.2) is 47.2 Å². The third-order valence-electron chi connectivity index (χ3n) is 4.28. The van der Waals surface area contributed by atoms with Gasteiger partial charge in [0.15, 0.2) is 0 Å².